The fourth-order valence-electron chi connectivity index (χ4n) is 8.96. The number of Topliss-reactive ketones (excluding diaryl/α,β-unsaturated/α-hetero) is 1. The van der Waals surface area contributed by atoms with Crippen LogP contribution in [0.15, 0.2) is 0 Å². The normalized spacial score (nSPS) is 47.5. The summed E-state index contributed by atoms with van der Waals surface area (Å²) in [5, 5.41) is 11.1. The Bertz CT molecular complexity index is 689. The van der Waals surface area contributed by atoms with Crippen molar-refractivity contribution in [3.63, 3.8) is 0 Å². The number of hydrogen-bond acceptors (Lipinski definition) is 5. The number of rotatable bonds is 7. The third kappa shape index (κ3) is 3.89. The SMILES string of the molecule is CC[C@H](OC)[C@]1(O)CC1[C@@H]1CC[C@@H]2[C@H](CC[C@]3(C)[C@@H](C(=O)CN4CCOCC4)CC[C@@H]23)C1. The van der Waals surface area contributed by atoms with Crippen LogP contribution in [0.1, 0.15) is 71.6 Å². The molecule has 5 fully saturated rings. The maximum absolute atomic E-state index is 13.4. The zero-order valence-corrected chi connectivity index (χ0v) is 20.6. The Morgan fingerprint density at radius 1 is 1.12 bits per heavy atom. The Kier molecular flexibility index (Phi) is 6.50. The van der Waals surface area contributed by atoms with E-state index < -0.39 is 5.60 Å². The van der Waals surface area contributed by atoms with Gasteiger partial charge in [0.1, 0.15) is 5.78 Å². The van der Waals surface area contributed by atoms with Gasteiger partial charge in [-0.3, -0.25) is 9.69 Å². The van der Waals surface area contributed by atoms with Crippen LogP contribution in [-0.2, 0) is 14.3 Å². The molecule has 1 unspecified atom stereocenters. The van der Waals surface area contributed by atoms with E-state index in [1.165, 1.54) is 38.5 Å². The summed E-state index contributed by atoms with van der Waals surface area (Å²) in [6.45, 7) is 8.55. The first-order chi connectivity index (χ1) is 15.4. The molecular weight excluding hydrogens is 402 g/mol. The lowest BCUT2D eigenvalue weighted by Gasteiger charge is -2.52. The zero-order chi connectivity index (χ0) is 22.5. The van der Waals surface area contributed by atoms with E-state index in [2.05, 4.69) is 18.7 Å². The number of fused-ring (bicyclic) bond motifs is 3. The molecule has 5 nitrogen and oxygen atoms in total. The molecule has 4 aliphatic carbocycles. The first kappa shape index (κ1) is 23.3. The maximum Gasteiger partial charge on any atom is 0.150 e. The molecule has 1 N–H and O–H groups in total. The molecule has 0 radical (unpaired) electrons. The van der Waals surface area contributed by atoms with E-state index >= 15 is 0 Å². The number of aliphatic hydroxyl groups is 1. The fourth-order valence-corrected chi connectivity index (χ4v) is 8.96. The van der Waals surface area contributed by atoms with Crippen molar-refractivity contribution in [3.05, 3.63) is 0 Å². The second-order valence-corrected chi connectivity index (χ2v) is 12.1. The average Bonchev–Trinajstić information content (AvgIpc) is 3.35. The van der Waals surface area contributed by atoms with Gasteiger partial charge in [-0.05, 0) is 92.8 Å². The summed E-state index contributed by atoms with van der Waals surface area (Å²) in [6.07, 6.45) is 10.5. The summed E-state index contributed by atoms with van der Waals surface area (Å²) in [5.74, 6) is 4.17. The average molecular weight is 448 g/mol. The van der Waals surface area contributed by atoms with E-state index in [4.69, 9.17) is 9.47 Å². The van der Waals surface area contributed by atoms with Gasteiger partial charge >= 0.3 is 0 Å². The van der Waals surface area contributed by atoms with E-state index in [1.54, 1.807) is 7.11 Å². The molecule has 0 bridgehead atoms. The van der Waals surface area contributed by atoms with E-state index in [9.17, 15) is 9.90 Å². The highest BCUT2D eigenvalue weighted by atomic mass is 16.5. The minimum Gasteiger partial charge on any atom is -0.387 e. The van der Waals surface area contributed by atoms with Gasteiger partial charge in [0.15, 0.2) is 0 Å². The van der Waals surface area contributed by atoms with Crippen LogP contribution in [0.2, 0.25) is 0 Å². The predicted octanol–water partition coefficient (Wildman–Crippen LogP) is 3.92. The molecule has 4 saturated carbocycles. The summed E-state index contributed by atoms with van der Waals surface area (Å²) in [6, 6.07) is 0. The lowest BCUT2D eigenvalue weighted by molar-refractivity contribution is -0.131. The van der Waals surface area contributed by atoms with Crippen molar-refractivity contribution < 1.29 is 19.4 Å². The number of methoxy groups -OCH3 is 1. The van der Waals surface area contributed by atoms with Crippen LogP contribution < -0.4 is 0 Å². The highest BCUT2D eigenvalue weighted by Gasteiger charge is 2.63. The van der Waals surface area contributed by atoms with Crippen molar-refractivity contribution in [2.45, 2.75) is 83.3 Å². The molecule has 1 heterocycles. The van der Waals surface area contributed by atoms with Crippen molar-refractivity contribution in [3.8, 4) is 0 Å². The molecule has 0 aromatic rings. The van der Waals surface area contributed by atoms with Crippen LogP contribution in [0.4, 0.5) is 0 Å². The molecule has 1 aliphatic heterocycles. The lowest BCUT2D eigenvalue weighted by Crippen LogP contribution is -2.48. The van der Waals surface area contributed by atoms with Gasteiger partial charge in [-0.15, -0.1) is 0 Å². The van der Waals surface area contributed by atoms with Gasteiger partial charge in [-0.25, -0.2) is 0 Å². The summed E-state index contributed by atoms with van der Waals surface area (Å²) >= 11 is 0. The Labute approximate surface area is 194 Å². The zero-order valence-electron chi connectivity index (χ0n) is 20.6. The first-order valence-electron chi connectivity index (χ1n) is 13.5. The quantitative estimate of drug-likeness (QED) is 0.641. The molecule has 0 aromatic heterocycles. The highest BCUT2D eigenvalue weighted by molar-refractivity contribution is 5.84. The Morgan fingerprint density at radius 3 is 2.62 bits per heavy atom. The number of carbonyl (C=O) groups excluding carboxylic acids is 1. The third-order valence-electron chi connectivity index (χ3n) is 10.7. The molecule has 5 aliphatic rings. The van der Waals surface area contributed by atoms with Crippen molar-refractivity contribution in [1.82, 2.24) is 4.90 Å². The topological polar surface area (TPSA) is 59.0 Å². The summed E-state index contributed by atoms with van der Waals surface area (Å²) in [7, 11) is 1.75. The van der Waals surface area contributed by atoms with Gasteiger partial charge in [-0.2, -0.15) is 0 Å². The molecule has 32 heavy (non-hydrogen) atoms. The monoisotopic (exact) mass is 447 g/mol. The van der Waals surface area contributed by atoms with Crippen molar-refractivity contribution in [2.24, 2.45) is 40.9 Å². The molecule has 0 spiro atoms. The summed E-state index contributed by atoms with van der Waals surface area (Å²) in [5.41, 5.74) is -0.365. The van der Waals surface area contributed by atoms with Crippen LogP contribution in [-0.4, -0.2) is 67.5 Å². The van der Waals surface area contributed by atoms with Crippen molar-refractivity contribution >= 4 is 5.78 Å². The molecular formula is C27H45NO4. The predicted molar refractivity (Wildman–Crippen MR) is 124 cm³/mol. The molecule has 9 atom stereocenters. The molecule has 1 saturated heterocycles. The Morgan fingerprint density at radius 2 is 1.91 bits per heavy atom. The number of ether oxygens (including phenoxy) is 2. The van der Waals surface area contributed by atoms with Crippen molar-refractivity contribution in [2.75, 3.05) is 40.0 Å². The van der Waals surface area contributed by atoms with Crippen LogP contribution in [0.3, 0.4) is 0 Å². The molecule has 5 heteroatoms. The number of hydrogen-bond donors (Lipinski definition) is 1. The fraction of sp³-hybridized carbons (Fsp3) is 0.963. The van der Waals surface area contributed by atoms with E-state index in [0.717, 1.165) is 63.3 Å². The van der Waals surface area contributed by atoms with Gasteiger partial charge in [-0.1, -0.05) is 13.8 Å². The smallest absolute Gasteiger partial charge is 0.150 e. The summed E-state index contributed by atoms with van der Waals surface area (Å²) < 4.78 is 11.1. The van der Waals surface area contributed by atoms with Gasteiger partial charge in [0, 0.05) is 26.1 Å². The number of ketones is 1. The van der Waals surface area contributed by atoms with Crippen LogP contribution in [0, 0.1) is 40.9 Å². The number of nitrogens with zero attached hydrogens (tertiary/aromatic N) is 1. The maximum atomic E-state index is 13.4. The lowest BCUT2D eigenvalue weighted by atomic mass is 9.53. The Hall–Kier alpha value is -0.490. The first-order valence-corrected chi connectivity index (χ1v) is 13.5. The minimum atomic E-state index is -0.575. The van der Waals surface area contributed by atoms with Crippen molar-refractivity contribution in [1.29, 1.82) is 0 Å². The largest absolute Gasteiger partial charge is 0.387 e. The van der Waals surface area contributed by atoms with Gasteiger partial charge < -0.3 is 14.6 Å². The second-order valence-electron chi connectivity index (χ2n) is 12.1. The highest BCUT2D eigenvalue weighted by Crippen LogP contribution is 2.64. The van der Waals surface area contributed by atoms with Gasteiger partial charge in [0.2, 0.25) is 0 Å². The van der Waals surface area contributed by atoms with Crippen LogP contribution >= 0.6 is 0 Å². The van der Waals surface area contributed by atoms with Crippen LogP contribution in [0.25, 0.3) is 0 Å². The summed E-state index contributed by atoms with van der Waals surface area (Å²) in [4.78, 5) is 15.7. The molecule has 0 amide bonds. The van der Waals surface area contributed by atoms with Gasteiger partial charge in [0.05, 0.1) is 31.5 Å². The third-order valence-corrected chi connectivity index (χ3v) is 10.7. The Balaban J connectivity index is 1.20. The second kappa shape index (κ2) is 8.94. The number of morpholine rings is 1. The molecule has 182 valence electrons. The molecule has 5 rings (SSSR count). The van der Waals surface area contributed by atoms with E-state index in [-0.39, 0.29) is 17.4 Å². The standard InChI is InChI=1S/C27H45NO4/c1-4-25(31-3)27(30)16-23(27)19-5-6-20-18(15-19)9-10-26(2)21(20)7-8-22(26)24(29)17-28-11-13-32-14-12-28/h18-23,25,30H,4-17H2,1-3H3/t18-,19-,20-,21+,22-,23?,25+,26+,27+/m1/s1. The number of carbonyl (C=O) groups is 1. The molecule has 0 aromatic carbocycles. The minimum absolute atomic E-state index is 0.00654. The van der Waals surface area contributed by atoms with Gasteiger partial charge in [0.25, 0.3) is 0 Å². The van der Waals surface area contributed by atoms with E-state index in [0.29, 0.717) is 24.2 Å². The van der Waals surface area contributed by atoms with Crippen LogP contribution in [0.5, 0.6) is 0 Å². The van der Waals surface area contributed by atoms with E-state index in [1.807, 2.05) is 0 Å².